The van der Waals surface area contributed by atoms with E-state index in [1.807, 2.05) is 30.3 Å². The average Bonchev–Trinajstić information content (AvgIpc) is 2.48. The quantitative estimate of drug-likeness (QED) is 0.849. The highest BCUT2D eigenvalue weighted by Crippen LogP contribution is 2.16. The van der Waals surface area contributed by atoms with E-state index in [0.717, 1.165) is 5.56 Å². The van der Waals surface area contributed by atoms with Crippen LogP contribution in [0, 0.1) is 0 Å². The molecule has 0 saturated carbocycles. The lowest BCUT2D eigenvalue weighted by molar-refractivity contribution is -0.137. The molecule has 5 nitrogen and oxygen atoms in total. The molecule has 0 aliphatic heterocycles. The van der Waals surface area contributed by atoms with Gasteiger partial charge in [0, 0.05) is 12.4 Å². The topological polar surface area (TPSA) is 79.3 Å². The van der Waals surface area contributed by atoms with Crippen molar-refractivity contribution in [3.05, 3.63) is 66.0 Å². The van der Waals surface area contributed by atoms with Crippen molar-refractivity contribution in [1.82, 2.24) is 10.3 Å². The summed E-state index contributed by atoms with van der Waals surface area (Å²) in [5.41, 5.74) is 1.57. The van der Waals surface area contributed by atoms with E-state index in [-0.39, 0.29) is 18.7 Å². The number of aromatic nitrogens is 1. The minimum absolute atomic E-state index is 0.174. The molecule has 2 N–H and O–H groups in total. The van der Waals surface area contributed by atoms with E-state index in [4.69, 9.17) is 5.11 Å². The number of aliphatic carboxylic acids is 1. The number of carbonyl (C=O) groups is 2. The lowest BCUT2D eigenvalue weighted by atomic mass is 10.1. The van der Waals surface area contributed by atoms with Crippen LogP contribution >= 0.6 is 0 Å². The minimum Gasteiger partial charge on any atom is -0.481 e. The zero-order valence-corrected chi connectivity index (χ0v) is 11.4. The number of amides is 1. The van der Waals surface area contributed by atoms with Gasteiger partial charge in [-0.1, -0.05) is 36.4 Å². The highest BCUT2D eigenvalue weighted by molar-refractivity contribution is 5.80. The summed E-state index contributed by atoms with van der Waals surface area (Å²) in [6.07, 6.45) is 3.22. The second-order valence-corrected chi connectivity index (χ2v) is 4.67. The fraction of sp³-hybridized carbons (Fsp3) is 0.188. The van der Waals surface area contributed by atoms with Crippen LogP contribution in [0.5, 0.6) is 0 Å². The fourth-order valence-electron chi connectivity index (χ4n) is 2.04. The first kappa shape index (κ1) is 14.7. The molecule has 0 spiro atoms. The number of hydrogen-bond donors (Lipinski definition) is 2. The van der Waals surface area contributed by atoms with E-state index in [9.17, 15) is 9.59 Å². The lowest BCUT2D eigenvalue weighted by Gasteiger charge is -2.17. The van der Waals surface area contributed by atoms with E-state index in [1.54, 1.807) is 24.5 Å². The van der Waals surface area contributed by atoms with Crippen molar-refractivity contribution in [3.63, 3.8) is 0 Å². The van der Waals surface area contributed by atoms with Crippen LogP contribution in [0.2, 0.25) is 0 Å². The van der Waals surface area contributed by atoms with Gasteiger partial charge < -0.3 is 10.4 Å². The predicted molar refractivity (Wildman–Crippen MR) is 77.5 cm³/mol. The number of carbonyl (C=O) groups excluding carboxylic acids is 1. The van der Waals surface area contributed by atoms with E-state index < -0.39 is 12.0 Å². The second-order valence-electron chi connectivity index (χ2n) is 4.67. The first-order chi connectivity index (χ1) is 10.1. The Hall–Kier alpha value is -2.69. The number of pyridine rings is 1. The summed E-state index contributed by atoms with van der Waals surface area (Å²) in [5.74, 6) is -1.18. The largest absolute Gasteiger partial charge is 0.481 e. The fourth-order valence-corrected chi connectivity index (χ4v) is 2.04. The summed E-state index contributed by atoms with van der Waals surface area (Å²) in [6.45, 7) is 0. The molecular formula is C16H16N2O3. The normalized spacial score (nSPS) is 11.6. The van der Waals surface area contributed by atoms with E-state index in [0.29, 0.717) is 5.56 Å². The van der Waals surface area contributed by atoms with Crippen molar-refractivity contribution in [2.75, 3.05) is 0 Å². The standard InChI is InChI=1S/C16H16N2O3/c19-15(9-12-5-2-1-3-6-12)18-14(10-16(20)21)13-7-4-8-17-11-13/h1-8,11,14H,9-10H2,(H,18,19)(H,20,21). The molecule has 0 fully saturated rings. The molecule has 1 unspecified atom stereocenters. The third kappa shape index (κ3) is 4.72. The molecule has 1 aromatic carbocycles. The van der Waals surface area contributed by atoms with Gasteiger partial charge in [-0.3, -0.25) is 14.6 Å². The Kier molecular flexibility index (Phi) is 5.04. The third-order valence-corrected chi connectivity index (χ3v) is 3.01. The highest BCUT2D eigenvalue weighted by atomic mass is 16.4. The monoisotopic (exact) mass is 284 g/mol. The van der Waals surface area contributed by atoms with Crippen LogP contribution in [0.25, 0.3) is 0 Å². The van der Waals surface area contributed by atoms with Crippen LogP contribution in [-0.2, 0) is 16.0 Å². The predicted octanol–water partition coefficient (Wildman–Crippen LogP) is 1.96. The number of benzene rings is 1. The molecule has 1 aromatic heterocycles. The number of nitrogens with one attached hydrogen (secondary N) is 1. The van der Waals surface area contributed by atoms with E-state index >= 15 is 0 Å². The first-order valence-corrected chi connectivity index (χ1v) is 6.60. The van der Waals surface area contributed by atoms with Gasteiger partial charge in [-0.05, 0) is 17.2 Å². The maximum Gasteiger partial charge on any atom is 0.305 e. The molecule has 0 aliphatic rings. The van der Waals surface area contributed by atoms with Crippen LogP contribution in [0.15, 0.2) is 54.9 Å². The molecule has 5 heteroatoms. The van der Waals surface area contributed by atoms with Gasteiger partial charge in [-0.25, -0.2) is 0 Å². The van der Waals surface area contributed by atoms with E-state index in [2.05, 4.69) is 10.3 Å². The van der Waals surface area contributed by atoms with E-state index in [1.165, 1.54) is 0 Å². The molecule has 0 bridgehead atoms. The molecule has 2 rings (SSSR count). The lowest BCUT2D eigenvalue weighted by Crippen LogP contribution is -2.31. The molecule has 0 saturated heterocycles. The Labute approximate surface area is 122 Å². The molecule has 0 aliphatic carbocycles. The van der Waals surface area contributed by atoms with Gasteiger partial charge >= 0.3 is 5.97 Å². The number of carboxylic acid groups (broad SMARTS) is 1. The maximum atomic E-state index is 12.1. The summed E-state index contributed by atoms with van der Waals surface area (Å²) in [4.78, 5) is 27.0. The second kappa shape index (κ2) is 7.19. The highest BCUT2D eigenvalue weighted by Gasteiger charge is 2.18. The summed E-state index contributed by atoms with van der Waals surface area (Å²) in [7, 11) is 0. The zero-order valence-electron chi connectivity index (χ0n) is 11.4. The van der Waals surface area contributed by atoms with Gasteiger partial charge in [-0.15, -0.1) is 0 Å². The maximum absolute atomic E-state index is 12.1. The minimum atomic E-state index is -0.969. The smallest absolute Gasteiger partial charge is 0.305 e. The van der Waals surface area contributed by atoms with Crippen molar-refractivity contribution in [1.29, 1.82) is 0 Å². The average molecular weight is 284 g/mol. The molecule has 108 valence electrons. The van der Waals surface area contributed by atoms with Crippen molar-refractivity contribution >= 4 is 11.9 Å². The molecular weight excluding hydrogens is 268 g/mol. The Bertz CT molecular complexity index is 599. The zero-order chi connectivity index (χ0) is 15.1. The van der Waals surface area contributed by atoms with Crippen molar-refractivity contribution in [2.24, 2.45) is 0 Å². The van der Waals surface area contributed by atoms with Crippen LogP contribution in [-0.4, -0.2) is 22.0 Å². The van der Waals surface area contributed by atoms with Crippen LogP contribution in [0.3, 0.4) is 0 Å². The van der Waals surface area contributed by atoms with Gasteiger partial charge in [-0.2, -0.15) is 0 Å². The Morgan fingerprint density at radius 1 is 1.14 bits per heavy atom. The first-order valence-electron chi connectivity index (χ1n) is 6.60. The number of carboxylic acids is 1. The summed E-state index contributed by atoms with van der Waals surface area (Å²) in [6, 6.07) is 12.2. The molecule has 1 heterocycles. The Morgan fingerprint density at radius 2 is 1.90 bits per heavy atom. The van der Waals surface area contributed by atoms with Crippen molar-refractivity contribution in [3.8, 4) is 0 Å². The summed E-state index contributed by atoms with van der Waals surface area (Å²) in [5, 5.41) is 11.7. The molecule has 2 aromatic rings. The van der Waals surface area contributed by atoms with Crippen LogP contribution in [0.4, 0.5) is 0 Å². The number of rotatable bonds is 6. The number of nitrogens with zero attached hydrogens (tertiary/aromatic N) is 1. The summed E-state index contributed by atoms with van der Waals surface area (Å²) < 4.78 is 0. The molecule has 1 amide bonds. The van der Waals surface area contributed by atoms with Crippen molar-refractivity contribution in [2.45, 2.75) is 18.9 Å². The van der Waals surface area contributed by atoms with Crippen LogP contribution < -0.4 is 5.32 Å². The Balaban J connectivity index is 2.05. The van der Waals surface area contributed by atoms with Gasteiger partial charge in [0.1, 0.15) is 0 Å². The third-order valence-electron chi connectivity index (χ3n) is 3.01. The SMILES string of the molecule is O=C(O)CC(NC(=O)Cc1ccccc1)c1cccnc1. The number of hydrogen-bond acceptors (Lipinski definition) is 3. The molecule has 21 heavy (non-hydrogen) atoms. The molecule has 0 radical (unpaired) electrons. The van der Waals surface area contributed by atoms with Gasteiger partial charge in [0.25, 0.3) is 0 Å². The van der Waals surface area contributed by atoms with Gasteiger partial charge in [0.2, 0.25) is 5.91 Å². The van der Waals surface area contributed by atoms with Crippen molar-refractivity contribution < 1.29 is 14.7 Å². The summed E-state index contributed by atoms with van der Waals surface area (Å²) >= 11 is 0. The molecule has 1 atom stereocenters. The Morgan fingerprint density at radius 3 is 2.52 bits per heavy atom. The van der Waals surface area contributed by atoms with Gasteiger partial charge in [0.15, 0.2) is 0 Å². The van der Waals surface area contributed by atoms with Gasteiger partial charge in [0.05, 0.1) is 18.9 Å². The van der Waals surface area contributed by atoms with Crippen LogP contribution in [0.1, 0.15) is 23.6 Å².